The van der Waals surface area contributed by atoms with Gasteiger partial charge >= 0.3 is 5.97 Å². The molecule has 0 aliphatic rings. The fraction of sp³-hybridized carbons (Fsp3) is 0.429. The van der Waals surface area contributed by atoms with Gasteiger partial charge in [-0.15, -0.1) is 0 Å². The van der Waals surface area contributed by atoms with Gasteiger partial charge in [0, 0.05) is 0 Å². The molecule has 0 atom stereocenters. The Morgan fingerprint density at radius 2 is 2.11 bits per heavy atom. The maximum absolute atomic E-state index is 11.7. The van der Waals surface area contributed by atoms with E-state index in [1.165, 1.54) is 0 Å². The number of ether oxygens (including phenoxy) is 2. The van der Waals surface area contributed by atoms with Crippen molar-refractivity contribution in [1.29, 1.82) is 5.26 Å². The van der Waals surface area contributed by atoms with Crippen LogP contribution in [0.1, 0.15) is 31.9 Å². The molecule has 0 spiro atoms. The van der Waals surface area contributed by atoms with Crippen molar-refractivity contribution in [3.8, 4) is 11.8 Å². The van der Waals surface area contributed by atoms with Gasteiger partial charge in [-0.3, -0.25) is 0 Å². The van der Waals surface area contributed by atoms with Crippen LogP contribution in [0.15, 0.2) is 18.2 Å². The van der Waals surface area contributed by atoms with E-state index in [1.807, 2.05) is 13.0 Å². The van der Waals surface area contributed by atoms with Gasteiger partial charge in [-0.1, -0.05) is 6.07 Å². The number of esters is 1. The second-order valence-corrected chi connectivity index (χ2v) is 4.44. The van der Waals surface area contributed by atoms with Crippen molar-refractivity contribution in [1.82, 2.24) is 0 Å². The molecule has 0 saturated heterocycles. The SMILES string of the molecule is CCOC(=O)C(C)(C)Oc1ccc(C)cc1C#N. The quantitative estimate of drug-likeness (QED) is 0.767. The first-order valence-electron chi connectivity index (χ1n) is 5.77. The zero-order valence-electron chi connectivity index (χ0n) is 11.1. The molecule has 0 radical (unpaired) electrons. The van der Waals surface area contributed by atoms with Crippen molar-refractivity contribution in [3.63, 3.8) is 0 Å². The van der Waals surface area contributed by atoms with E-state index in [0.29, 0.717) is 17.9 Å². The molecule has 1 aromatic carbocycles. The summed E-state index contributed by atoms with van der Waals surface area (Å²) in [5, 5.41) is 9.04. The van der Waals surface area contributed by atoms with E-state index in [-0.39, 0.29) is 0 Å². The van der Waals surface area contributed by atoms with Crippen LogP contribution in [0.2, 0.25) is 0 Å². The van der Waals surface area contributed by atoms with Crippen molar-refractivity contribution in [3.05, 3.63) is 29.3 Å². The Kier molecular flexibility index (Phi) is 4.33. The van der Waals surface area contributed by atoms with E-state index < -0.39 is 11.6 Å². The molecule has 0 aliphatic heterocycles. The van der Waals surface area contributed by atoms with Gasteiger partial charge in [0.25, 0.3) is 0 Å². The van der Waals surface area contributed by atoms with Gasteiger partial charge in [0.15, 0.2) is 5.60 Å². The third kappa shape index (κ3) is 3.24. The Balaban J connectivity index is 2.97. The monoisotopic (exact) mass is 247 g/mol. The number of carbonyl (C=O) groups is 1. The van der Waals surface area contributed by atoms with Gasteiger partial charge in [0.1, 0.15) is 11.8 Å². The molecule has 1 aromatic rings. The second-order valence-electron chi connectivity index (χ2n) is 4.44. The minimum atomic E-state index is -1.11. The van der Waals surface area contributed by atoms with Crippen LogP contribution in [0.4, 0.5) is 0 Å². The number of hydrogen-bond acceptors (Lipinski definition) is 4. The average molecular weight is 247 g/mol. The van der Waals surface area contributed by atoms with Crippen LogP contribution in [0.3, 0.4) is 0 Å². The molecule has 1 rings (SSSR count). The fourth-order valence-corrected chi connectivity index (χ4v) is 1.44. The number of nitrogens with zero attached hydrogens (tertiary/aromatic N) is 1. The normalized spacial score (nSPS) is 10.6. The van der Waals surface area contributed by atoms with Crippen LogP contribution in [0.25, 0.3) is 0 Å². The number of carbonyl (C=O) groups excluding carboxylic acids is 1. The lowest BCUT2D eigenvalue weighted by atomic mass is 10.1. The molecule has 96 valence electrons. The van der Waals surface area contributed by atoms with Gasteiger partial charge in [0.05, 0.1) is 12.2 Å². The van der Waals surface area contributed by atoms with Crippen molar-refractivity contribution in [2.24, 2.45) is 0 Å². The minimum Gasteiger partial charge on any atom is -0.475 e. The summed E-state index contributed by atoms with van der Waals surface area (Å²) < 4.78 is 10.5. The van der Waals surface area contributed by atoms with E-state index in [1.54, 1.807) is 32.9 Å². The number of aryl methyl sites for hydroxylation is 1. The van der Waals surface area contributed by atoms with Crippen molar-refractivity contribution in [2.45, 2.75) is 33.3 Å². The Morgan fingerprint density at radius 3 is 2.67 bits per heavy atom. The molecular formula is C14H17NO3. The number of hydrogen-bond donors (Lipinski definition) is 0. The maximum atomic E-state index is 11.7. The molecule has 4 nitrogen and oxygen atoms in total. The maximum Gasteiger partial charge on any atom is 0.349 e. The molecule has 0 amide bonds. The summed E-state index contributed by atoms with van der Waals surface area (Å²) in [6.45, 7) is 7.16. The fourth-order valence-electron chi connectivity index (χ4n) is 1.44. The summed E-state index contributed by atoms with van der Waals surface area (Å²) in [5.41, 5.74) is 0.261. The molecule has 0 saturated carbocycles. The van der Waals surface area contributed by atoms with Crippen molar-refractivity contribution >= 4 is 5.97 Å². The first kappa shape index (κ1) is 14.0. The van der Waals surface area contributed by atoms with Gasteiger partial charge in [-0.25, -0.2) is 4.79 Å². The average Bonchev–Trinajstić information content (AvgIpc) is 2.31. The van der Waals surface area contributed by atoms with Gasteiger partial charge in [-0.2, -0.15) is 5.26 Å². The van der Waals surface area contributed by atoms with Crippen LogP contribution in [-0.4, -0.2) is 18.2 Å². The topological polar surface area (TPSA) is 59.3 Å². The summed E-state index contributed by atoms with van der Waals surface area (Å²) in [7, 11) is 0. The molecule has 0 N–H and O–H groups in total. The lowest BCUT2D eigenvalue weighted by Crippen LogP contribution is -2.39. The smallest absolute Gasteiger partial charge is 0.349 e. The predicted molar refractivity (Wildman–Crippen MR) is 67.2 cm³/mol. The molecule has 0 bridgehead atoms. The first-order chi connectivity index (χ1) is 8.40. The van der Waals surface area contributed by atoms with Crippen LogP contribution in [-0.2, 0) is 9.53 Å². The summed E-state index contributed by atoms with van der Waals surface area (Å²) >= 11 is 0. The van der Waals surface area contributed by atoms with Gasteiger partial charge < -0.3 is 9.47 Å². The zero-order valence-corrected chi connectivity index (χ0v) is 11.1. The Hall–Kier alpha value is -2.02. The van der Waals surface area contributed by atoms with E-state index in [4.69, 9.17) is 14.7 Å². The molecule has 4 heteroatoms. The Morgan fingerprint density at radius 1 is 1.44 bits per heavy atom. The molecule has 18 heavy (non-hydrogen) atoms. The first-order valence-corrected chi connectivity index (χ1v) is 5.77. The highest BCUT2D eigenvalue weighted by Crippen LogP contribution is 2.24. The second kappa shape index (κ2) is 5.54. The number of benzene rings is 1. The predicted octanol–water partition coefficient (Wildman–Crippen LogP) is 2.59. The molecule has 0 unspecified atom stereocenters. The standard InChI is InChI=1S/C14H17NO3/c1-5-17-13(16)14(3,4)18-12-7-6-10(2)8-11(12)9-15/h6-8H,5H2,1-4H3. The summed E-state index contributed by atoms with van der Waals surface area (Å²) in [6.07, 6.45) is 0. The highest BCUT2D eigenvalue weighted by atomic mass is 16.6. The van der Waals surface area contributed by atoms with E-state index in [9.17, 15) is 4.79 Å². The van der Waals surface area contributed by atoms with E-state index in [2.05, 4.69) is 6.07 Å². The van der Waals surface area contributed by atoms with Gasteiger partial charge in [-0.05, 0) is 45.4 Å². The summed E-state index contributed by atoms with van der Waals surface area (Å²) in [6, 6.07) is 7.29. The molecule has 0 heterocycles. The molecular weight excluding hydrogens is 230 g/mol. The third-order valence-electron chi connectivity index (χ3n) is 2.39. The van der Waals surface area contributed by atoms with Crippen molar-refractivity contribution < 1.29 is 14.3 Å². The summed E-state index contributed by atoms with van der Waals surface area (Å²) in [5.74, 6) is -0.0596. The Labute approximate surface area is 107 Å². The highest BCUT2D eigenvalue weighted by Gasteiger charge is 2.32. The van der Waals surface area contributed by atoms with Crippen LogP contribution in [0, 0.1) is 18.3 Å². The zero-order chi connectivity index (χ0) is 13.8. The molecule has 0 fully saturated rings. The molecule has 0 aliphatic carbocycles. The minimum absolute atomic E-state index is 0.296. The highest BCUT2D eigenvalue weighted by molar-refractivity contribution is 5.79. The number of nitriles is 1. The van der Waals surface area contributed by atoms with Gasteiger partial charge in [0.2, 0.25) is 0 Å². The lowest BCUT2D eigenvalue weighted by Gasteiger charge is -2.24. The van der Waals surface area contributed by atoms with Crippen molar-refractivity contribution in [2.75, 3.05) is 6.61 Å². The summed E-state index contributed by atoms with van der Waals surface area (Å²) in [4.78, 5) is 11.7. The largest absolute Gasteiger partial charge is 0.475 e. The van der Waals surface area contributed by atoms with Crippen LogP contribution >= 0.6 is 0 Å². The Bertz CT molecular complexity index is 486. The number of rotatable bonds is 4. The third-order valence-corrected chi connectivity index (χ3v) is 2.39. The molecule has 0 aromatic heterocycles. The van der Waals surface area contributed by atoms with Crippen LogP contribution < -0.4 is 4.74 Å². The van der Waals surface area contributed by atoms with E-state index in [0.717, 1.165) is 5.56 Å². The van der Waals surface area contributed by atoms with E-state index >= 15 is 0 Å². The van der Waals surface area contributed by atoms with Crippen LogP contribution in [0.5, 0.6) is 5.75 Å². The lowest BCUT2D eigenvalue weighted by molar-refractivity contribution is -0.158.